The van der Waals surface area contributed by atoms with Crippen LogP contribution in [0, 0.1) is 0 Å². The molecule has 0 radical (unpaired) electrons. The molecule has 5 nitrogen and oxygen atoms in total. The molecule has 0 rings (SSSR count). The molecule has 0 spiro atoms. The van der Waals surface area contributed by atoms with Crippen LogP contribution in [0.1, 0.15) is 27.2 Å². The van der Waals surface area contributed by atoms with E-state index in [-0.39, 0.29) is 19.1 Å². The van der Waals surface area contributed by atoms with Crippen molar-refractivity contribution < 1.29 is 22.7 Å². The molecule has 0 N–H and O–H groups in total. The predicted octanol–water partition coefficient (Wildman–Crippen LogP) is 4.10. The van der Waals surface area contributed by atoms with Crippen LogP contribution < -0.4 is 0 Å². The summed E-state index contributed by atoms with van der Waals surface area (Å²) in [5.74, 6) is -0.163. The topological polar surface area (TPSA) is 61.8 Å². The first-order chi connectivity index (χ1) is 8.45. The van der Waals surface area contributed by atoms with Gasteiger partial charge in [0.2, 0.25) is 7.37 Å². The summed E-state index contributed by atoms with van der Waals surface area (Å²) in [6, 6.07) is 0. The van der Waals surface area contributed by atoms with Crippen molar-refractivity contribution in [3.63, 3.8) is 0 Å². The Morgan fingerprint density at radius 1 is 1.00 bits per heavy atom. The SMILES string of the molecule is C=CCCP(=O)(CP(=O)(OCC)OCC)OCC. The first-order valence-corrected chi connectivity index (χ1v) is 9.89. The second-order valence-corrected chi connectivity index (χ2v) is 8.83. The van der Waals surface area contributed by atoms with Crippen LogP contribution in [-0.4, -0.2) is 31.9 Å². The quantitative estimate of drug-likeness (QED) is 0.424. The monoisotopic (exact) mass is 298 g/mol. The van der Waals surface area contributed by atoms with Gasteiger partial charge in [0.15, 0.2) is 0 Å². The van der Waals surface area contributed by atoms with Crippen molar-refractivity contribution in [2.45, 2.75) is 27.2 Å². The van der Waals surface area contributed by atoms with E-state index in [0.717, 1.165) is 0 Å². The average molecular weight is 298 g/mol. The van der Waals surface area contributed by atoms with Gasteiger partial charge in [-0.25, -0.2) is 0 Å². The summed E-state index contributed by atoms with van der Waals surface area (Å²) < 4.78 is 40.5. The molecule has 0 aliphatic heterocycles. The van der Waals surface area contributed by atoms with E-state index < -0.39 is 15.0 Å². The fraction of sp³-hybridized carbons (Fsp3) is 0.818. The van der Waals surface area contributed by atoms with Crippen molar-refractivity contribution in [3.8, 4) is 0 Å². The molecule has 0 fully saturated rings. The minimum atomic E-state index is -3.33. The Bertz CT molecular complexity index is 319. The normalized spacial score (nSPS) is 15.3. The van der Waals surface area contributed by atoms with Gasteiger partial charge in [-0.15, -0.1) is 6.58 Å². The van der Waals surface area contributed by atoms with E-state index in [1.165, 1.54) is 0 Å². The van der Waals surface area contributed by atoms with Gasteiger partial charge < -0.3 is 13.6 Å². The largest absolute Gasteiger partial charge is 0.340 e. The number of rotatable bonds is 11. The van der Waals surface area contributed by atoms with Crippen LogP contribution in [0.5, 0.6) is 0 Å². The van der Waals surface area contributed by atoms with E-state index in [0.29, 0.717) is 19.2 Å². The van der Waals surface area contributed by atoms with E-state index in [9.17, 15) is 9.13 Å². The molecule has 0 amide bonds. The minimum absolute atomic E-state index is 0.163. The molecule has 0 aromatic carbocycles. The van der Waals surface area contributed by atoms with Gasteiger partial charge in [-0.05, 0) is 27.2 Å². The lowest BCUT2D eigenvalue weighted by Crippen LogP contribution is -2.05. The molecule has 0 aliphatic rings. The summed E-state index contributed by atoms with van der Waals surface area (Å²) in [5, 5.41) is 0. The van der Waals surface area contributed by atoms with Gasteiger partial charge in [0, 0.05) is 6.16 Å². The maximum Gasteiger partial charge on any atom is 0.340 e. The summed E-state index contributed by atoms with van der Waals surface area (Å²) in [6.07, 6.45) is 2.53. The Morgan fingerprint density at radius 3 is 1.89 bits per heavy atom. The van der Waals surface area contributed by atoms with Crippen molar-refractivity contribution >= 4 is 15.0 Å². The molecule has 0 heterocycles. The Hall–Kier alpha value is 0.0800. The van der Waals surface area contributed by atoms with Gasteiger partial charge in [-0.1, -0.05) is 6.08 Å². The number of allylic oxidation sites excluding steroid dienone is 1. The van der Waals surface area contributed by atoms with Gasteiger partial charge >= 0.3 is 7.60 Å². The van der Waals surface area contributed by atoms with Crippen molar-refractivity contribution in [2.75, 3.05) is 31.9 Å². The lowest BCUT2D eigenvalue weighted by Gasteiger charge is -2.23. The second-order valence-electron chi connectivity index (χ2n) is 3.62. The predicted molar refractivity (Wildman–Crippen MR) is 74.6 cm³/mol. The van der Waals surface area contributed by atoms with Crippen LogP contribution in [0.3, 0.4) is 0 Å². The van der Waals surface area contributed by atoms with Crippen LogP contribution in [0.15, 0.2) is 12.7 Å². The third kappa shape index (κ3) is 6.86. The smallest absolute Gasteiger partial charge is 0.328 e. The van der Waals surface area contributed by atoms with E-state index in [2.05, 4.69) is 6.58 Å². The number of hydrogen-bond donors (Lipinski definition) is 0. The number of hydrogen-bond acceptors (Lipinski definition) is 5. The third-order valence-electron chi connectivity index (χ3n) is 2.08. The van der Waals surface area contributed by atoms with Gasteiger partial charge in [0.1, 0.15) is 5.90 Å². The summed E-state index contributed by atoms with van der Waals surface area (Å²) in [4.78, 5) is 0. The van der Waals surface area contributed by atoms with Crippen molar-refractivity contribution in [1.29, 1.82) is 0 Å². The molecular weight excluding hydrogens is 274 g/mol. The maximum absolute atomic E-state index is 12.5. The highest BCUT2D eigenvalue weighted by Gasteiger charge is 2.36. The van der Waals surface area contributed by atoms with E-state index in [4.69, 9.17) is 13.6 Å². The van der Waals surface area contributed by atoms with E-state index in [1.807, 2.05) is 0 Å². The lowest BCUT2D eigenvalue weighted by molar-refractivity contribution is 0.222. The maximum atomic E-state index is 12.5. The Kier molecular flexibility index (Phi) is 9.10. The molecular formula is C11H24O5P2. The molecule has 108 valence electrons. The van der Waals surface area contributed by atoms with Crippen molar-refractivity contribution in [1.82, 2.24) is 0 Å². The van der Waals surface area contributed by atoms with Crippen molar-refractivity contribution in [2.24, 2.45) is 0 Å². The highest BCUT2D eigenvalue weighted by molar-refractivity contribution is 7.73. The van der Waals surface area contributed by atoms with Crippen LogP contribution >= 0.6 is 15.0 Å². The van der Waals surface area contributed by atoms with Crippen LogP contribution in [0.2, 0.25) is 0 Å². The Morgan fingerprint density at radius 2 is 1.50 bits per heavy atom. The van der Waals surface area contributed by atoms with E-state index >= 15 is 0 Å². The molecule has 0 saturated heterocycles. The van der Waals surface area contributed by atoms with Crippen LogP contribution in [0.4, 0.5) is 0 Å². The molecule has 7 heteroatoms. The molecule has 1 unspecified atom stereocenters. The summed E-state index contributed by atoms with van der Waals surface area (Å²) in [5.41, 5.74) is 0. The Balaban J connectivity index is 4.84. The lowest BCUT2D eigenvalue weighted by atomic mass is 10.5. The highest BCUT2D eigenvalue weighted by Crippen LogP contribution is 2.63. The zero-order valence-corrected chi connectivity index (χ0v) is 13.3. The summed E-state index contributed by atoms with van der Waals surface area (Å²) >= 11 is 0. The second kappa shape index (κ2) is 9.06. The molecule has 18 heavy (non-hydrogen) atoms. The van der Waals surface area contributed by atoms with Gasteiger partial charge in [-0.2, -0.15) is 0 Å². The molecule has 0 aliphatic carbocycles. The minimum Gasteiger partial charge on any atom is -0.328 e. The van der Waals surface area contributed by atoms with Crippen LogP contribution in [0.25, 0.3) is 0 Å². The fourth-order valence-electron chi connectivity index (χ4n) is 1.48. The standard InChI is InChI=1S/C11H24O5P2/c1-5-9-10-17(12,14-6-2)11-18(13,15-7-3)16-8-4/h5H,1,6-11H2,2-4H3. The molecule has 0 bridgehead atoms. The highest BCUT2D eigenvalue weighted by atomic mass is 31.2. The summed E-state index contributed by atoms with van der Waals surface area (Å²) in [7, 11) is -6.33. The average Bonchev–Trinajstić information content (AvgIpc) is 2.27. The molecule has 0 aromatic heterocycles. The van der Waals surface area contributed by atoms with Crippen molar-refractivity contribution in [3.05, 3.63) is 12.7 Å². The first kappa shape index (κ1) is 18.1. The van der Waals surface area contributed by atoms with Crippen LogP contribution in [-0.2, 0) is 22.7 Å². The molecule has 1 atom stereocenters. The zero-order chi connectivity index (χ0) is 14.1. The van der Waals surface area contributed by atoms with E-state index in [1.54, 1.807) is 26.8 Å². The fourth-order valence-corrected chi connectivity index (χ4v) is 7.17. The van der Waals surface area contributed by atoms with Gasteiger partial charge in [0.25, 0.3) is 0 Å². The molecule has 0 aromatic rings. The zero-order valence-electron chi connectivity index (χ0n) is 11.5. The van der Waals surface area contributed by atoms with Gasteiger partial charge in [-0.3, -0.25) is 9.13 Å². The summed E-state index contributed by atoms with van der Waals surface area (Å²) in [6.45, 7) is 9.61. The van der Waals surface area contributed by atoms with Gasteiger partial charge in [0.05, 0.1) is 19.8 Å². The molecule has 0 saturated carbocycles. The first-order valence-electron chi connectivity index (χ1n) is 6.17. The Labute approximate surface area is 110 Å². The third-order valence-corrected chi connectivity index (χ3v) is 8.16.